The van der Waals surface area contributed by atoms with Crippen molar-refractivity contribution in [3.63, 3.8) is 0 Å². The minimum absolute atomic E-state index is 0.204. The van der Waals surface area contributed by atoms with Gasteiger partial charge in [-0.25, -0.2) is 0 Å². The topological polar surface area (TPSA) is 21.7 Å². The van der Waals surface area contributed by atoms with E-state index in [1.165, 1.54) is 38.6 Å². The van der Waals surface area contributed by atoms with Crippen molar-refractivity contribution >= 4 is 0 Å². The smallest absolute Gasteiger partial charge is 0.168 e. The molecule has 1 aliphatic heterocycles. The third-order valence-corrected chi connectivity index (χ3v) is 4.74. The largest absolute Gasteiger partial charge is 0.348 e. The first-order chi connectivity index (χ1) is 8.77. The molecule has 18 heavy (non-hydrogen) atoms. The predicted molar refractivity (Wildman–Crippen MR) is 71.5 cm³/mol. The Labute approximate surface area is 110 Å². The second-order valence-corrected chi connectivity index (χ2v) is 6.01. The maximum Gasteiger partial charge on any atom is 0.168 e. The van der Waals surface area contributed by atoms with Crippen LogP contribution in [0.5, 0.6) is 0 Å². The summed E-state index contributed by atoms with van der Waals surface area (Å²) >= 11 is 0. The number of ether oxygens (including phenoxy) is 2. The van der Waals surface area contributed by atoms with Gasteiger partial charge in [0.1, 0.15) is 0 Å². The third kappa shape index (κ3) is 2.63. The number of allylic oxidation sites excluding steroid dienone is 1. The fourth-order valence-corrected chi connectivity index (χ4v) is 3.60. The van der Waals surface area contributed by atoms with E-state index in [-0.39, 0.29) is 5.79 Å². The Morgan fingerprint density at radius 3 is 2.61 bits per heavy atom. The molecule has 2 aliphatic carbocycles. The first kappa shape index (κ1) is 12.6. The molecule has 3 heteroatoms. The van der Waals surface area contributed by atoms with Crippen LogP contribution in [0.2, 0.25) is 0 Å². The molecule has 0 radical (unpaired) electrons. The van der Waals surface area contributed by atoms with E-state index in [0.717, 1.165) is 26.1 Å². The minimum Gasteiger partial charge on any atom is -0.348 e. The van der Waals surface area contributed by atoms with E-state index in [0.29, 0.717) is 6.04 Å². The monoisotopic (exact) mass is 251 g/mol. The lowest BCUT2D eigenvalue weighted by molar-refractivity contribution is -0.183. The van der Waals surface area contributed by atoms with Crippen molar-refractivity contribution in [2.45, 2.75) is 56.8 Å². The Bertz CT molecular complexity index is 310. The summed E-state index contributed by atoms with van der Waals surface area (Å²) in [5.41, 5.74) is 1.64. The zero-order valence-electron chi connectivity index (χ0n) is 11.5. The Morgan fingerprint density at radius 2 is 2.00 bits per heavy atom. The molecule has 1 spiro atoms. The van der Waals surface area contributed by atoms with Crippen molar-refractivity contribution in [2.24, 2.45) is 0 Å². The molecule has 0 amide bonds. The summed E-state index contributed by atoms with van der Waals surface area (Å²) < 4.78 is 11.6. The van der Waals surface area contributed by atoms with Gasteiger partial charge in [0, 0.05) is 25.4 Å². The van der Waals surface area contributed by atoms with E-state index in [2.05, 4.69) is 18.0 Å². The van der Waals surface area contributed by atoms with Gasteiger partial charge in [0.15, 0.2) is 5.79 Å². The Kier molecular flexibility index (Phi) is 3.73. The molecular formula is C15H25NO2. The molecule has 3 rings (SSSR count). The molecule has 0 aromatic heterocycles. The predicted octanol–water partition coefficient (Wildman–Crippen LogP) is 2.71. The summed E-state index contributed by atoms with van der Waals surface area (Å²) in [5, 5.41) is 0. The molecule has 0 atom stereocenters. The Hall–Kier alpha value is -0.380. The summed E-state index contributed by atoms with van der Waals surface area (Å²) in [6.45, 7) is 2.74. The van der Waals surface area contributed by atoms with Gasteiger partial charge in [0.25, 0.3) is 0 Å². The highest BCUT2D eigenvalue weighted by Crippen LogP contribution is 2.37. The molecule has 0 N–H and O–H groups in total. The highest BCUT2D eigenvalue weighted by molar-refractivity contribution is 5.09. The number of hydrogen-bond donors (Lipinski definition) is 0. The Balaban J connectivity index is 1.49. The zero-order chi connectivity index (χ0) is 12.4. The first-order valence-electron chi connectivity index (χ1n) is 7.43. The molecule has 3 nitrogen and oxygen atoms in total. The van der Waals surface area contributed by atoms with Crippen LogP contribution in [0.3, 0.4) is 0 Å². The molecule has 1 saturated heterocycles. The van der Waals surface area contributed by atoms with Crippen LogP contribution < -0.4 is 0 Å². The minimum atomic E-state index is -0.204. The third-order valence-electron chi connectivity index (χ3n) is 4.74. The number of likely N-dealkylation sites (N-methyl/N-ethyl adjacent to an activating group) is 1. The maximum absolute atomic E-state index is 5.79. The lowest BCUT2D eigenvalue weighted by Gasteiger charge is -2.39. The van der Waals surface area contributed by atoms with Crippen LogP contribution >= 0.6 is 0 Å². The highest BCUT2D eigenvalue weighted by atomic mass is 16.7. The quantitative estimate of drug-likeness (QED) is 0.720. The lowest BCUT2D eigenvalue weighted by atomic mass is 9.89. The molecule has 3 aliphatic rings. The van der Waals surface area contributed by atoms with Crippen molar-refractivity contribution in [2.75, 3.05) is 26.8 Å². The van der Waals surface area contributed by atoms with Gasteiger partial charge < -0.3 is 9.47 Å². The summed E-state index contributed by atoms with van der Waals surface area (Å²) in [4.78, 5) is 2.54. The van der Waals surface area contributed by atoms with Gasteiger partial charge in [-0.3, -0.25) is 4.90 Å². The summed E-state index contributed by atoms with van der Waals surface area (Å²) in [5.74, 6) is -0.204. The molecular weight excluding hydrogens is 226 g/mol. The van der Waals surface area contributed by atoms with Gasteiger partial charge in [-0.1, -0.05) is 11.6 Å². The van der Waals surface area contributed by atoms with Crippen molar-refractivity contribution < 1.29 is 9.47 Å². The highest BCUT2D eigenvalue weighted by Gasteiger charge is 2.41. The van der Waals surface area contributed by atoms with Gasteiger partial charge in [-0.2, -0.15) is 0 Å². The van der Waals surface area contributed by atoms with Gasteiger partial charge in [0.05, 0.1) is 13.2 Å². The lowest BCUT2D eigenvalue weighted by Crippen LogP contribution is -2.43. The maximum atomic E-state index is 5.79. The number of hydrogen-bond acceptors (Lipinski definition) is 3. The van der Waals surface area contributed by atoms with Crippen LogP contribution in [0.25, 0.3) is 0 Å². The van der Waals surface area contributed by atoms with Crippen molar-refractivity contribution in [3.05, 3.63) is 11.6 Å². The molecule has 0 unspecified atom stereocenters. The van der Waals surface area contributed by atoms with Crippen LogP contribution in [0.1, 0.15) is 44.9 Å². The number of rotatable bonds is 3. The van der Waals surface area contributed by atoms with Gasteiger partial charge in [0.2, 0.25) is 0 Å². The van der Waals surface area contributed by atoms with Crippen LogP contribution in [0.15, 0.2) is 11.6 Å². The molecule has 0 aromatic carbocycles. The zero-order valence-corrected chi connectivity index (χ0v) is 11.5. The normalized spacial score (nSPS) is 28.2. The molecule has 0 aromatic rings. The first-order valence-corrected chi connectivity index (χ1v) is 7.43. The van der Waals surface area contributed by atoms with Gasteiger partial charge >= 0.3 is 0 Å². The Morgan fingerprint density at radius 1 is 1.28 bits per heavy atom. The molecule has 0 bridgehead atoms. The second-order valence-electron chi connectivity index (χ2n) is 6.01. The van der Waals surface area contributed by atoms with E-state index in [1.807, 2.05) is 0 Å². The van der Waals surface area contributed by atoms with Crippen molar-refractivity contribution in [3.8, 4) is 0 Å². The summed E-state index contributed by atoms with van der Waals surface area (Å²) in [7, 11) is 2.28. The standard InChI is InChI=1S/C15H25NO2/c1-16(12-13-4-2-3-5-13)14-6-8-15(9-7-14)17-10-11-18-15/h4,14H,2-3,5-12H2,1H3. The van der Waals surface area contributed by atoms with Crippen molar-refractivity contribution in [1.29, 1.82) is 0 Å². The van der Waals surface area contributed by atoms with E-state index in [4.69, 9.17) is 9.47 Å². The van der Waals surface area contributed by atoms with Crippen LogP contribution in [0.4, 0.5) is 0 Å². The average molecular weight is 251 g/mol. The molecule has 102 valence electrons. The molecule has 2 fully saturated rings. The summed E-state index contributed by atoms with van der Waals surface area (Å²) in [6, 6.07) is 0.713. The van der Waals surface area contributed by atoms with Crippen molar-refractivity contribution in [1.82, 2.24) is 4.90 Å². The van der Waals surface area contributed by atoms with Gasteiger partial charge in [-0.05, 0) is 39.2 Å². The van der Waals surface area contributed by atoms with E-state index < -0.39 is 0 Å². The fourth-order valence-electron chi connectivity index (χ4n) is 3.60. The summed E-state index contributed by atoms with van der Waals surface area (Å²) in [6.07, 6.45) is 11.0. The van der Waals surface area contributed by atoms with E-state index in [1.54, 1.807) is 5.57 Å². The average Bonchev–Trinajstić information content (AvgIpc) is 3.03. The van der Waals surface area contributed by atoms with Gasteiger partial charge in [-0.15, -0.1) is 0 Å². The van der Waals surface area contributed by atoms with Crippen LogP contribution in [-0.4, -0.2) is 43.5 Å². The fraction of sp³-hybridized carbons (Fsp3) is 0.867. The van der Waals surface area contributed by atoms with Crippen LogP contribution in [-0.2, 0) is 9.47 Å². The van der Waals surface area contributed by atoms with E-state index >= 15 is 0 Å². The van der Waals surface area contributed by atoms with Crippen LogP contribution in [0, 0.1) is 0 Å². The second kappa shape index (κ2) is 5.32. The number of nitrogens with zero attached hydrogens (tertiary/aromatic N) is 1. The molecule has 1 heterocycles. The van der Waals surface area contributed by atoms with E-state index in [9.17, 15) is 0 Å². The molecule has 1 saturated carbocycles. The SMILES string of the molecule is CN(CC1=CCCC1)C1CCC2(CC1)OCCO2.